The fourth-order valence-corrected chi connectivity index (χ4v) is 2.83. The lowest BCUT2D eigenvalue weighted by Gasteiger charge is -2.30. The van der Waals surface area contributed by atoms with Crippen LogP contribution in [0.3, 0.4) is 0 Å². The molecule has 2 aliphatic rings. The van der Waals surface area contributed by atoms with Crippen molar-refractivity contribution in [3.05, 3.63) is 41.2 Å². The Morgan fingerprint density at radius 2 is 1.84 bits per heavy atom. The van der Waals surface area contributed by atoms with Crippen molar-refractivity contribution in [3.8, 4) is 0 Å². The van der Waals surface area contributed by atoms with Crippen LogP contribution in [0.1, 0.15) is 37.7 Å². The Kier molecular flexibility index (Phi) is 2.83. The van der Waals surface area contributed by atoms with E-state index in [0.29, 0.717) is 11.4 Å². The number of aliphatic imine (C=N–C) groups is 1. The quantitative estimate of drug-likeness (QED) is 0.768. The third kappa shape index (κ3) is 2.12. The van der Waals surface area contributed by atoms with E-state index in [0.717, 1.165) is 31.2 Å². The van der Waals surface area contributed by atoms with E-state index in [4.69, 9.17) is 6.57 Å². The second-order valence-electron chi connectivity index (χ2n) is 5.17. The van der Waals surface area contributed by atoms with Crippen LogP contribution >= 0.6 is 0 Å². The zero-order chi connectivity index (χ0) is 13.3. The highest BCUT2D eigenvalue weighted by atomic mass is 16.2. The number of carbonyl (C=O) groups excluding carboxylic acids is 1. The van der Waals surface area contributed by atoms with Gasteiger partial charge in [0.1, 0.15) is 11.4 Å². The molecule has 1 aliphatic heterocycles. The molecule has 19 heavy (non-hydrogen) atoms. The molecular weight excluding hydrogens is 238 g/mol. The number of nitrogens with zero attached hydrogens (tertiary/aromatic N) is 2. The monoisotopic (exact) mass is 253 g/mol. The van der Waals surface area contributed by atoms with E-state index >= 15 is 0 Å². The lowest BCUT2D eigenvalue weighted by atomic mass is 9.90. The third-order valence-electron chi connectivity index (χ3n) is 3.84. The van der Waals surface area contributed by atoms with Gasteiger partial charge >= 0.3 is 0 Å². The van der Waals surface area contributed by atoms with Crippen molar-refractivity contribution in [1.82, 2.24) is 5.32 Å². The Morgan fingerprint density at radius 3 is 2.47 bits per heavy atom. The van der Waals surface area contributed by atoms with Crippen molar-refractivity contribution in [2.24, 2.45) is 4.99 Å². The number of benzene rings is 1. The largest absolute Gasteiger partial charge is 0.326 e. The Bertz CT molecular complexity index is 574. The molecule has 0 unspecified atom stereocenters. The van der Waals surface area contributed by atoms with Gasteiger partial charge in [0, 0.05) is 5.56 Å². The van der Waals surface area contributed by atoms with Gasteiger partial charge in [0.2, 0.25) is 0 Å². The molecule has 1 amide bonds. The first kappa shape index (κ1) is 11.9. The molecule has 4 nitrogen and oxygen atoms in total. The molecule has 1 saturated carbocycles. The van der Waals surface area contributed by atoms with Crippen LogP contribution in [0.4, 0.5) is 5.69 Å². The lowest BCUT2D eigenvalue weighted by Crippen LogP contribution is -2.43. The molecule has 0 atom stereocenters. The van der Waals surface area contributed by atoms with E-state index < -0.39 is 0 Å². The van der Waals surface area contributed by atoms with Crippen molar-refractivity contribution in [1.29, 1.82) is 0 Å². The smallest absolute Gasteiger partial charge is 0.272 e. The lowest BCUT2D eigenvalue weighted by molar-refractivity contribution is -0.115. The van der Waals surface area contributed by atoms with E-state index in [-0.39, 0.29) is 11.6 Å². The number of rotatable bonds is 1. The van der Waals surface area contributed by atoms with Gasteiger partial charge in [0.25, 0.3) is 5.91 Å². The molecule has 1 aliphatic carbocycles. The summed E-state index contributed by atoms with van der Waals surface area (Å²) in [4.78, 5) is 20.1. The molecule has 1 heterocycles. The topological polar surface area (TPSA) is 45.8 Å². The van der Waals surface area contributed by atoms with Gasteiger partial charge in [-0.1, -0.05) is 30.7 Å². The van der Waals surface area contributed by atoms with Crippen molar-refractivity contribution in [3.63, 3.8) is 0 Å². The predicted molar refractivity (Wildman–Crippen MR) is 73.2 cm³/mol. The summed E-state index contributed by atoms with van der Waals surface area (Å²) in [5.74, 6) is -0.0857. The zero-order valence-electron chi connectivity index (χ0n) is 10.6. The van der Waals surface area contributed by atoms with Crippen LogP contribution in [-0.4, -0.2) is 17.3 Å². The Morgan fingerprint density at radius 1 is 1.16 bits per heavy atom. The van der Waals surface area contributed by atoms with Gasteiger partial charge in [-0.15, -0.1) is 0 Å². The Balaban J connectivity index is 1.92. The normalized spacial score (nSPS) is 20.8. The molecule has 1 spiro atoms. The second-order valence-corrected chi connectivity index (χ2v) is 5.17. The summed E-state index contributed by atoms with van der Waals surface area (Å²) >= 11 is 0. The van der Waals surface area contributed by atoms with Gasteiger partial charge in [-0.05, 0) is 25.7 Å². The van der Waals surface area contributed by atoms with Crippen molar-refractivity contribution < 1.29 is 4.79 Å². The minimum Gasteiger partial charge on any atom is -0.326 e. The molecule has 1 N–H and O–H groups in total. The minimum absolute atomic E-state index is 0.0857. The number of hydrogen-bond acceptors (Lipinski definition) is 2. The molecule has 0 radical (unpaired) electrons. The predicted octanol–water partition coefficient (Wildman–Crippen LogP) is 2.82. The van der Waals surface area contributed by atoms with Crippen LogP contribution in [0.15, 0.2) is 29.3 Å². The summed E-state index contributed by atoms with van der Waals surface area (Å²) in [6.07, 6.45) is 5.33. The van der Waals surface area contributed by atoms with Crippen molar-refractivity contribution in [2.75, 3.05) is 0 Å². The summed E-state index contributed by atoms with van der Waals surface area (Å²) in [5, 5.41) is 3.04. The highest BCUT2D eigenvalue weighted by molar-refractivity contribution is 6.46. The summed E-state index contributed by atoms with van der Waals surface area (Å²) < 4.78 is 0. The van der Waals surface area contributed by atoms with Gasteiger partial charge in [-0.3, -0.25) is 9.79 Å². The number of hydrogen-bond donors (Lipinski definition) is 1. The van der Waals surface area contributed by atoms with Crippen LogP contribution in [0.5, 0.6) is 0 Å². The van der Waals surface area contributed by atoms with Crippen LogP contribution in [-0.2, 0) is 4.79 Å². The molecule has 1 aromatic carbocycles. The Labute approximate surface area is 112 Å². The highest BCUT2D eigenvalue weighted by Gasteiger charge is 2.40. The average Bonchev–Trinajstić information content (AvgIpc) is 2.76. The van der Waals surface area contributed by atoms with E-state index in [1.165, 1.54) is 6.42 Å². The van der Waals surface area contributed by atoms with E-state index in [9.17, 15) is 4.79 Å². The van der Waals surface area contributed by atoms with Crippen LogP contribution in [0.2, 0.25) is 0 Å². The fourth-order valence-electron chi connectivity index (χ4n) is 2.83. The van der Waals surface area contributed by atoms with Crippen molar-refractivity contribution >= 4 is 17.3 Å². The first-order valence-corrected chi connectivity index (χ1v) is 6.63. The molecule has 96 valence electrons. The Hall–Kier alpha value is -2.15. The van der Waals surface area contributed by atoms with Crippen LogP contribution in [0, 0.1) is 6.57 Å². The molecule has 0 saturated heterocycles. The van der Waals surface area contributed by atoms with Gasteiger partial charge in [0.15, 0.2) is 5.69 Å². The molecular formula is C15H15N3O. The van der Waals surface area contributed by atoms with Crippen LogP contribution < -0.4 is 5.32 Å². The maximum atomic E-state index is 12.1. The fraction of sp³-hybridized carbons (Fsp3) is 0.400. The molecule has 4 heteroatoms. The van der Waals surface area contributed by atoms with Crippen molar-refractivity contribution in [2.45, 2.75) is 37.8 Å². The minimum atomic E-state index is -0.358. The molecule has 0 bridgehead atoms. The number of nitrogens with one attached hydrogen (secondary N) is 1. The second kappa shape index (κ2) is 4.51. The van der Waals surface area contributed by atoms with E-state index in [1.807, 2.05) is 0 Å². The van der Waals surface area contributed by atoms with Gasteiger partial charge in [-0.25, -0.2) is 4.85 Å². The summed E-state index contributed by atoms with van der Waals surface area (Å²) in [5.41, 5.74) is 1.53. The summed E-state index contributed by atoms with van der Waals surface area (Å²) in [6, 6.07) is 7.05. The third-order valence-corrected chi connectivity index (χ3v) is 3.84. The van der Waals surface area contributed by atoms with Crippen LogP contribution in [0.25, 0.3) is 4.85 Å². The zero-order valence-corrected chi connectivity index (χ0v) is 10.6. The van der Waals surface area contributed by atoms with E-state index in [2.05, 4.69) is 15.2 Å². The first-order valence-electron chi connectivity index (χ1n) is 6.63. The SMILES string of the molecule is [C-]#[N+]c1ccc(C2=NC3(CCCCC3)NC2=O)cc1. The van der Waals surface area contributed by atoms with Gasteiger partial charge in [-0.2, -0.15) is 0 Å². The molecule has 1 fully saturated rings. The maximum Gasteiger partial charge on any atom is 0.272 e. The summed E-state index contributed by atoms with van der Waals surface area (Å²) in [7, 11) is 0. The first-order chi connectivity index (χ1) is 9.22. The standard InChI is InChI=1S/C15H15N3O/c1-16-12-7-5-11(6-8-12)13-14(19)18-15(17-13)9-3-2-4-10-15/h5-8H,2-4,9-10H2,(H,18,19). The highest BCUT2D eigenvalue weighted by Crippen LogP contribution is 2.33. The van der Waals surface area contributed by atoms with Gasteiger partial charge < -0.3 is 5.32 Å². The summed E-state index contributed by atoms with van der Waals surface area (Å²) in [6.45, 7) is 6.93. The maximum absolute atomic E-state index is 12.1. The van der Waals surface area contributed by atoms with E-state index in [1.54, 1.807) is 24.3 Å². The molecule has 1 aromatic rings. The van der Waals surface area contributed by atoms with Gasteiger partial charge in [0.05, 0.1) is 6.57 Å². The number of carbonyl (C=O) groups is 1. The molecule has 3 rings (SSSR count). The molecule has 0 aromatic heterocycles. The number of amides is 1. The average molecular weight is 253 g/mol.